The van der Waals surface area contributed by atoms with Crippen molar-refractivity contribution in [3.05, 3.63) is 35.4 Å². The molecule has 1 aliphatic rings. The van der Waals surface area contributed by atoms with Gasteiger partial charge in [-0.2, -0.15) is 0 Å². The lowest BCUT2D eigenvalue weighted by atomic mass is 9.86. The highest BCUT2D eigenvalue weighted by Crippen LogP contribution is 2.29. The zero-order valence-corrected chi connectivity index (χ0v) is 7.81. The van der Waals surface area contributed by atoms with E-state index in [1.54, 1.807) is 0 Å². The summed E-state index contributed by atoms with van der Waals surface area (Å²) in [6.45, 7) is 0. The van der Waals surface area contributed by atoms with Crippen LogP contribution in [-0.2, 0) is 11.2 Å². The Morgan fingerprint density at radius 2 is 2.21 bits per heavy atom. The van der Waals surface area contributed by atoms with E-state index in [1.807, 2.05) is 24.3 Å². The van der Waals surface area contributed by atoms with Gasteiger partial charge in [-0.3, -0.25) is 4.79 Å². The monoisotopic (exact) mass is 191 g/mol. The second kappa shape index (κ2) is 3.80. The fraction of sp³-hybridized carbons (Fsp3) is 0.364. The van der Waals surface area contributed by atoms with Crippen molar-refractivity contribution < 1.29 is 9.90 Å². The smallest absolute Gasteiger partial charge is 0.207 e. The van der Waals surface area contributed by atoms with Gasteiger partial charge in [-0.05, 0) is 24.0 Å². The zero-order valence-electron chi connectivity index (χ0n) is 7.81. The highest BCUT2D eigenvalue weighted by atomic mass is 16.3. The molecule has 0 bridgehead atoms. The summed E-state index contributed by atoms with van der Waals surface area (Å²) in [6, 6.07) is 7.68. The lowest BCUT2D eigenvalue weighted by Crippen LogP contribution is -2.37. The molecule has 0 aliphatic heterocycles. The van der Waals surface area contributed by atoms with Crippen molar-refractivity contribution in [2.75, 3.05) is 0 Å². The third-order valence-corrected chi connectivity index (χ3v) is 2.76. The average Bonchev–Trinajstić information content (AvgIpc) is 2.23. The van der Waals surface area contributed by atoms with E-state index in [2.05, 4.69) is 5.32 Å². The fourth-order valence-electron chi connectivity index (χ4n) is 2.00. The number of hydrogen-bond acceptors (Lipinski definition) is 2. The maximum Gasteiger partial charge on any atom is 0.207 e. The Labute approximate surface area is 82.8 Å². The van der Waals surface area contributed by atoms with Crippen LogP contribution in [0.4, 0.5) is 0 Å². The third kappa shape index (κ3) is 1.51. The minimum atomic E-state index is -0.565. The molecule has 0 unspecified atom stereocenters. The van der Waals surface area contributed by atoms with Gasteiger partial charge < -0.3 is 10.4 Å². The van der Waals surface area contributed by atoms with Crippen molar-refractivity contribution in [2.45, 2.75) is 25.0 Å². The molecule has 0 spiro atoms. The van der Waals surface area contributed by atoms with Gasteiger partial charge in [0.15, 0.2) is 0 Å². The summed E-state index contributed by atoms with van der Waals surface area (Å²) in [7, 11) is 0. The van der Waals surface area contributed by atoms with Crippen molar-refractivity contribution in [1.82, 2.24) is 5.32 Å². The van der Waals surface area contributed by atoms with Crippen LogP contribution in [0.5, 0.6) is 0 Å². The summed E-state index contributed by atoms with van der Waals surface area (Å²) in [6.07, 6.45) is 1.81. The van der Waals surface area contributed by atoms with Crippen LogP contribution in [0, 0.1) is 0 Å². The lowest BCUT2D eigenvalue weighted by Gasteiger charge is -2.29. The van der Waals surface area contributed by atoms with Crippen LogP contribution in [0.25, 0.3) is 0 Å². The number of aliphatic hydroxyl groups is 1. The number of fused-ring (bicyclic) bond motifs is 1. The van der Waals surface area contributed by atoms with Gasteiger partial charge in [-0.1, -0.05) is 24.3 Å². The molecule has 2 atom stereocenters. The van der Waals surface area contributed by atoms with Gasteiger partial charge in [0.25, 0.3) is 0 Å². The predicted octanol–water partition coefficient (Wildman–Crippen LogP) is 0.781. The Bertz CT molecular complexity index is 338. The maximum atomic E-state index is 10.3. The largest absolute Gasteiger partial charge is 0.386 e. The molecule has 0 fully saturated rings. The van der Waals surface area contributed by atoms with E-state index in [9.17, 15) is 9.90 Å². The normalized spacial score (nSPS) is 25.2. The minimum Gasteiger partial charge on any atom is -0.386 e. The zero-order chi connectivity index (χ0) is 9.97. The van der Waals surface area contributed by atoms with Crippen molar-refractivity contribution in [3.8, 4) is 0 Å². The van der Waals surface area contributed by atoms with Gasteiger partial charge in [-0.15, -0.1) is 0 Å². The van der Waals surface area contributed by atoms with Crippen LogP contribution in [0.3, 0.4) is 0 Å². The van der Waals surface area contributed by atoms with E-state index < -0.39 is 6.10 Å². The fourth-order valence-corrected chi connectivity index (χ4v) is 2.00. The maximum absolute atomic E-state index is 10.3. The van der Waals surface area contributed by atoms with Gasteiger partial charge in [0, 0.05) is 0 Å². The molecule has 3 nitrogen and oxygen atoms in total. The topological polar surface area (TPSA) is 49.3 Å². The molecule has 14 heavy (non-hydrogen) atoms. The summed E-state index contributed by atoms with van der Waals surface area (Å²) in [5.41, 5.74) is 2.13. The molecule has 0 radical (unpaired) electrons. The van der Waals surface area contributed by atoms with E-state index >= 15 is 0 Å². The first-order valence-corrected chi connectivity index (χ1v) is 4.78. The molecule has 2 rings (SSSR count). The highest BCUT2D eigenvalue weighted by Gasteiger charge is 2.26. The molecule has 3 heteroatoms. The summed E-state index contributed by atoms with van der Waals surface area (Å²) >= 11 is 0. The van der Waals surface area contributed by atoms with Gasteiger partial charge in [0.05, 0.1) is 12.1 Å². The Morgan fingerprint density at radius 3 is 3.00 bits per heavy atom. The molecule has 2 N–H and O–H groups in total. The SMILES string of the molecule is O=CN[C@@H]1CCc2ccccc2[C@@H]1O. The number of hydrogen-bond donors (Lipinski definition) is 2. The molecule has 0 saturated carbocycles. The van der Waals surface area contributed by atoms with Gasteiger partial charge in [0.2, 0.25) is 6.41 Å². The molecule has 1 aromatic carbocycles. The summed E-state index contributed by atoms with van der Waals surface area (Å²) < 4.78 is 0. The number of amides is 1. The second-order valence-corrected chi connectivity index (χ2v) is 3.57. The van der Waals surface area contributed by atoms with Crippen molar-refractivity contribution >= 4 is 6.41 Å². The van der Waals surface area contributed by atoms with Crippen LogP contribution in [0.2, 0.25) is 0 Å². The number of carbonyl (C=O) groups is 1. The number of nitrogens with one attached hydrogen (secondary N) is 1. The van der Waals surface area contributed by atoms with Crippen LogP contribution in [0.15, 0.2) is 24.3 Å². The molecule has 0 aromatic heterocycles. The third-order valence-electron chi connectivity index (χ3n) is 2.76. The number of carbonyl (C=O) groups excluding carboxylic acids is 1. The van der Waals surface area contributed by atoms with E-state index in [-0.39, 0.29) is 6.04 Å². The number of benzene rings is 1. The van der Waals surface area contributed by atoms with Gasteiger partial charge >= 0.3 is 0 Å². The molecule has 0 heterocycles. The summed E-state index contributed by atoms with van der Waals surface area (Å²) in [4.78, 5) is 10.3. The van der Waals surface area contributed by atoms with E-state index in [4.69, 9.17) is 0 Å². The van der Waals surface area contributed by atoms with Crippen LogP contribution in [-0.4, -0.2) is 17.6 Å². The highest BCUT2D eigenvalue weighted by molar-refractivity contribution is 5.47. The predicted molar refractivity (Wildman–Crippen MR) is 52.7 cm³/mol. The van der Waals surface area contributed by atoms with Crippen LogP contribution >= 0.6 is 0 Å². The molecule has 0 saturated heterocycles. The summed E-state index contributed by atoms with van der Waals surface area (Å²) in [5, 5.41) is 12.6. The average molecular weight is 191 g/mol. The molecular weight excluding hydrogens is 178 g/mol. The Hall–Kier alpha value is -1.35. The number of aliphatic hydroxyl groups excluding tert-OH is 1. The first kappa shape index (κ1) is 9.21. The lowest BCUT2D eigenvalue weighted by molar-refractivity contribution is -0.111. The van der Waals surface area contributed by atoms with Crippen molar-refractivity contribution in [2.24, 2.45) is 0 Å². The quantitative estimate of drug-likeness (QED) is 0.679. The van der Waals surface area contributed by atoms with Crippen LogP contribution < -0.4 is 5.32 Å². The molecule has 1 aliphatic carbocycles. The first-order chi connectivity index (χ1) is 6.83. The van der Waals surface area contributed by atoms with E-state index in [0.717, 1.165) is 18.4 Å². The van der Waals surface area contributed by atoms with Gasteiger partial charge in [-0.25, -0.2) is 0 Å². The summed E-state index contributed by atoms with van der Waals surface area (Å²) in [5.74, 6) is 0. The van der Waals surface area contributed by atoms with Crippen LogP contribution in [0.1, 0.15) is 23.7 Å². The van der Waals surface area contributed by atoms with E-state index in [0.29, 0.717) is 6.41 Å². The number of rotatable bonds is 2. The molecule has 1 amide bonds. The molecule has 1 aromatic rings. The number of aryl methyl sites for hydroxylation is 1. The van der Waals surface area contributed by atoms with Crippen molar-refractivity contribution in [3.63, 3.8) is 0 Å². The van der Waals surface area contributed by atoms with Crippen molar-refractivity contribution in [1.29, 1.82) is 0 Å². The molecular formula is C11H13NO2. The molecule has 74 valence electrons. The Morgan fingerprint density at radius 1 is 1.43 bits per heavy atom. The Kier molecular flexibility index (Phi) is 2.50. The Balaban J connectivity index is 2.26. The standard InChI is InChI=1S/C11H13NO2/c13-7-12-10-6-5-8-3-1-2-4-9(8)11(10)14/h1-4,7,10-11,14H,5-6H2,(H,12,13)/t10-,11+/m1/s1. The second-order valence-electron chi connectivity index (χ2n) is 3.57. The van der Waals surface area contributed by atoms with E-state index in [1.165, 1.54) is 5.56 Å². The van der Waals surface area contributed by atoms with Gasteiger partial charge in [0.1, 0.15) is 0 Å². The minimum absolute atomic E-state index is 0.137. The first-order valence-electron chi connectivity index (χ1n) is 4.78.